The van der Waals surface area contributed by atoms with E-state index in [0.29, 0.717) is 45.4 Å². The molecule has 9 heteroatoms. The van der Waals surface area contributed by atoms with Crippen LogP contribution < -0.4 is 20.3 Å². The van der Waals surface area contributed by atoms with Crippen molar-refractivity contribution in [2.45, 2.75) is 52.2 Å². The van der Waals surface area contributed by atoms with Gasteiger partial charge in [-0.25, -0.2) is 9.78 Å². The number of nitrogens with zero attached hydrogens (tertiary/aromatic N) is 2. The standard InChI is InChI=1S/C29H30N4O4S/c1-4-19(11-10-18(3)34)31-27(35)26-25-24-23(14-15-30-28(24)38-26)33(29(36)32-25)22-13-12-21(16-17(22)2)37-20-8-6-5-7-9-20/h5-9,12-16,18-19,34H,4,10-11H2,1-3H3,(H,31,35)(H,32,36)/t18-,19+/m1/s1. The van der Waals surface area contributed by atoms with Crippen LogP contribution in [0.3, 0.4) is 0 Å². The highest BCUT2D eigenvalue weighted by atomic mass is 32.1. The molecule has 2 atom stereocenters. The number of aryl methyl sites for hydroxylation is 1. The van der Waals surface area contributed by atoms with Gasteiger partial charge >= 0.3 is 6.03 Å². The Balaban J connectivity index is 1.46. The summed E-state index contributed by atoms with van der Waals surface area (Å²) in [6.45, 7) is 5.67. The number of aliphatic hydroxyl groups is 1. The fourth-order valence-electron chi connectivity index (χ4n) is 4.62. The number of thiophene rings is 1. The lowest BCUT2D eigenvalue weighted by atomic mass is 10.1. The van der Waals surface area contributed by atoms with Crippen LogP contribution >= 0.6 is 11.3 Å². The summed E-state index contributed by atoms with van der Waals surface area (Å²) in [7, 11) is 0. The van der Waals surface area contributed by atoms with Crippen LogP contribution in [0.25, 0.3) is 10.2 Å². The predicted molar refractivity (Wildman–Crippen MR) is 151 cm³/mol. The molecule has 38 heavy (non-hydrogen) atoms. The first kappa shape index (κ1) is 25.7. The lowest BCUT2D eigenvalue weighted by Crippen LogP contribution is -2.37. The van der Waals surface area contributed by atoms with Gasteiger partial charge in [-0.3, -0.25) is 9.69 Å². The molecule has 8 nitrogen and oxygen atoms in total. The minimum atomic E-state index is -0.425. The molecule has 2 aromatic carbocycles. The summed E-state index contributed by atoms with van der Waals surface area (Å²) < 4.78 is 5.96. The van der Waals surface area contributed by atoms with Crippen LogP contribution in [0.5, 0.6) is 11.5 Å². The first-order valence-electron chi connectivity index (χ1n) is 12.7. The number of amides is 3. The Bertz CT molecular complexity index is 1480. The number of urea groups is 1. The second-order valence-electron chi connectivity index (χ2n) is 9.45. The van der Waals surface area contributed by atoms with E-state index in [1.807, 2.05) is 62.4 Å². The molecule has 196 valence electrons. The van der Waals surface area contributed by atoms with Crippen LogP contribution in [-0.4, -0.2) is 34.2 Å². The molecule has 0 unspecified atom stereocenters. The average molecular weight is 531 g/mol. The van der Waals surface area contributed by atoms with Crippen LogP contribution in [0, 0.1) is 6.92 Å². The fourth-order valence-corrected chi connectivity index (χ4v) is 5.64. The SMILES string of the molecule is CC[C@@H](CC[C@@H](C)O)NC(=O)c1sc2nccc3c2c1NC(=O)N3c1ccc(Oc2ccccc2)cc1C. The Morgan fingerprint density at radius 2 is 1.92 bits per heavy atom. The van der Waals surface area contributed by atoms with Gasteiger partial charge in [-0.1, -0.05) is 25.1 Å². The number of ether oxygens (including phenoxy) is 1. The Morgan fingerprint density at radius 1 is 1.13 bits per heavy atom. The highest BCUT2D eigenvalue weighted by molar-refractivity contribution is 7.21. The van der Waals surface area contributed by atoms with Crippen LogP contribution in [-0.2, 0) is 0 Å². The van der Waals surface area contributed by atoms with Crippen molar-refractivity contribution in [3.8, 4) is 11.5 Å². The van der Waals surface area contributed by atoms with Gasteiger partial charge in [-0.2, -0.15) is 0 Å². The molecule has 5 rings (SSSR count). The third-order valence-electron chi connectivity index (χ3n) is 6.60. The second-order valence-corrected chi connectivity index (χ2v) is 10.4. The second kappa shape index (κ2) is 10.8. The third-order valence-corrected chi connectivity index (χ3v) is 7.70. The van der Waals surface area contributed by atoms with Crippen LogP contribution in [0.15, 0.2) is 60.8 Å². The zero-order chi connectivity index (χ0) is 26.8. The van der Waals surface area contributed by atoms with E-state index >= 15 is 0 Å². The maximum atomic E-state index is 13.5. The molecule has 0 bridgehead atoms. The number of para-hydroxylation sites is 1. The fraction of sp³-hybridized carbons (Fsp3) is 0.276. The molecule has 0 fully saturated rings. The summed E-state index contributed by atoms with van der Waals surface area (Å²) in [6.07, 6.45) is 3.25. The van der Waals surface area contributed by atoms with Crippen molar-refractivity contribution >= 4 is 50.6 Å². The molecule has 3 N–H and O–H groups in total. The molecular formula is C29H30N4O4S. The molecule has 2 aromatic heterocycles. The molecular weight excluding hydrogens is 500 g/mol. The summed E-state index contributed by atoms with van der Waals surface area (Å²) in [5.41, 5.74) is 2.73. The molecule has 0 radical (unpaired) electrons. The van der Waals surface area contributed by atoms with E-state index < -0.39 is 6.10 Å². The van der Waals surface area contributed by atoms with Crippen LogP contribution in [0.1, 0.15) is 48.3 Å². The minimum absolute atomic E-state index is 0.0722. The average Bonchev–Trinajstić information content (AvgIpc) is 3.27. The number of rotatable bonds is 9. The quantitative estimate of drug-likeness (QED) is 0.222. The number of aliphatic hydroxyl groups excluding tert-OH is 1. The Labute approximate surface area is 225 Å². The molecule has 4 aromatic rings. The van der Waals surface area contributed by atoms with Crippen molar-refractivity contribution in [1.29, 1.82) is 0 Å². The number of nitrogens with one attached hydrogen (secondary N) is 2. The van der Waals surface area contributed by atoms with E-state index in [2.05, 4.69) is 15.6 Å². The summed E-state index contributed by atoms with van der Waals surface area (Å²) >= 11 is 1.26. The number of carbonyl (C=O) groups excluding carboxylic acids is 2. The van der Waals surface area contributed by atoms with Gasteiger partial charge in [0, 0.05) is 12.2 Å². The molecule has 0 saturated heterocycles. The van der Waals surface area contributed by atoms with E-state index in [4.69, 9.17) is 4.74 Å². The van der Waals surface area contributed by atoms with Gasteiger partial charge in [0.05, 0.1) is 28.6 Å². The van der Waals surface area contributed by atoms with Gasteiger partial charge in [0.25, 0.3) is 5.91 Å². The molecule has 3 amide bonds. The van der Waals surface area contributed by atoms with Crippen molar-refractivity contribution in [3.05, 3.63) is 71.2 Å². The number of hydrogen-bond donors (Lipinski definition) is 3. The van der Waals surface area contributed by atoms with E-state index in [1.54, 1.807) is 24.1 Å². The summed E-state index contributed by atoms with van der Waals surface area (Å²) in [5, 5.41) is 16.4. The van der Waals surface area contributed by atoms with Crippen molar-refractivity contribution in [2.75, 3.05) is 10.2 Å². The summed E-state index contributed by atoms with van der Waals surface area (Å²) in [4.78, 5) is 33.9. The largest absolute Gasteiger partial charge is 0.457 e. The van der Waals surface area contributed by atoms with Gasteiger partial charge in [0.15, 0.2) is 0 Å². The maximum Gasteiger partial charge on any atom is 0.331 e. The number of hydrogen-bond acceptors (Lipinski definition) is 6. The van der Waals surface area contributed by atoms with Crippen LogP contribution in [0.4, 0.5) is 21.9 Å². The van der Waals surface area contributed by atoms with Crippen LogP contribution in [0.2, 0.25) is 0 Å². The number of aromatic nitrogens is 1. The van der Waals surface area contributed by atoms with E-state index in [1.165, 1.54) is 11.3 Å². The van der Waals surface area contributed by atoms with Crippen molar-refractivity contribution in [2.24, 2.45) is 0 Å². The summed E-state index contributed by atoms with van der Waals surface area (Å²) in [6, 6.07) is 16.5. The monoisotopic (exact) mass is 530 g/mol. The maximum absolute atomic E-state index is 13.5. The third kappa shape index (κ3) is 5.07. The molecule has 0 spiro atoms. The molecule has 1 aliphatic rings. The zero-order valence-corrected chi connectivity index (χ0v) is 22.3. The number of pyridine rings is 1. The van der Waals surface area contributed by atoms with Gasteiger partial charge in [-0.15, -0.1) is 11.3 Å². The first-order valence-corrected chi connectivity index (χ1v) is 13.5. The topological polar surface area (TPSA) is 104 Å². The number of anilines is 3. The molecule has 1 aliphatic heterocycles. The van der Waals surface area contributed by atoms with Gasteiger partial charge in [-0.05, 0) is 75.1 Å². The molecule has 3 heterocycles. The lowest BCUT2D eigenvalue weighted by molar-refractivity contribution is 0.0931. The zero-order valence-electron chi connectivity index (χ0n) is 21.5. The number of benzene rings is 2. The highest BCUT2D eigenvalue weighted by Gasteiger charge is 2.33. The Hall–Kier alpha value is -3.95. The van der Waals surface area contributed by atoms with Crippen molar-refractivity contribution in [3.63, 3.8) is 0 Å². The smallest absolute Gasteiger partial charge is 0.331 e. The first-order chi connectivity index (χ1) is 18.4. The summed E-state index contributed by atoms with van der Waals surface area (Å²) in [5.74, 6) is 1.15. The van der Waals surface area contributed by atoms with Crippen molar-refractivity contribution < 1.29 is 19.4 Å². The van der Waals surface area contributed by atoms with Gasteiger partial charge < -0.3 is 20.5 Å². The van der Waals surface area contributed by atoms with E-state index in [-0.39, 0.29) is 18.0 Å². The number of carbonyl (C=O) groups is 2. The predicted octanol–water partition coefficient (Wildman–Crippen LogP) is 6.75. The van der Waals surface area contributed by atoms with Gasteiger partial charge in [0.2, 0.25) is 0 Å². The molecule has 0 aliphatic carbocycles. The van der Waals surface area contributed by atoms with E-state index in [9.17, 15) is 14.7 Å². The lowest BCUT2D eigenvalue weighted by Gasteiger charge is -2.29. The minimum Gasteiger partial charge on any atom is -0.457 e. The Morgan fingerprint density at radius 3 is 2.63 bits per heavy atom. The van der Waals surface area contributed by atoms with Crippen molar-refractivity contribution in [1.82, 2.24) is 10.3 Å². The molecule has 0 saturated carbocycles. The van der Waals surface area contributed by atoms with Gasteiger partial charge in [0.1, 0.15) is 21.2 Å². The normalized spacial score (nSPS) is 14.2. The Kier molecular flexibility index (Phi) is 7.31. The highest BCUT2D eigenvalue weighted by Crippen LogP contribution is 2.46. The van der Waals surface area contributed by atoms with E-state index in [0.717, 1.165) is 23.1 Å².